The fraction of sp³-hybridized carbons (Fsp3) is 0.385. The van der Waals surface area contributed by atoms with Gasteiger partial charge in [0.1, 0.15) is 0 Å². The molecule has 30 heavy (non-hydrogen) atoms. The maximum Gasteiger partial charge on any atom is -0.0253 e. The van der Waals surface area contributed by atoms with Gasteiger partial charge in [0.2, 0.25) is 0 Å². The van der Waals surface area contributed by atoms with Crippen LogP contribution in [0.5, 0.6) is 0 Å². The summed E-state index contributed by atoms with van der Waals surface area (Å²) >= 11 is 1.77. The summed E-state index contributed by atoms with van der Waals surface area (Å²) in [5.74, 6) is 0. The minimum absolute atomic E-state index is 0. The van der Waals surface area contributed by atoms with E-state index < -0.39 is 0 Å². The van der Waals surface area contributed by atoms with Gasteiger partial charge in [-0.25, -0.2) is 12.2 Å². The topological polar surface area (TPSA) is 0 Å². The summed E-state index contributed by atoms with van der Waals surface area (Å²) in [5, 5.41) is 1.17. The van der Waals surface area contributed by atoms with E-state index in [0.717, 1.165) is 12.8 Å². The summed E-state index contributed by atoms with van der Waals surface area (Å²) in [5.41, 5.74) is 5.38. The number of fused-ring (bicyclic) bond motifs is 3. The third-order valence-electron chi connectivity index (χ3n) is 4.70. The third kappa shape index (κ3) is 8.99. The van der Waals surface area contributed by atoms with Gasteiger partial charge in [0.15, 0.2) is 0 Å². The minimum Gasteiger partial charge on any atom is -1.00 e. The average molecular weight is 535 g/mol. The molecule has 4 rings (SSSR count). The normalized spacial score (nSPS) is 12.8. The second-order valence-corrected chi connectivity index (χ2v) is 16.7. The molecule has 2 aromatic carbocycles. The van der Waals surface area contributed by atoms with Gasteiger partial charge in [0, 0.05) is 0 Å². The molecule has 0 bridgehead atoms. The molecule has 2 aliphatic carbocycles. The van der Waals surface area contributed by atoms with Gasteiger partial charge in [-0.15, -0.1) is 12.0 Å². The Balaban J connectivity index is 0.000000444. The van der Waals surface area contributed by atoms with E-state index in [0.29, 0.717) is 10.1 Å². The number of hydrogen-bond acceptors (Lipinski definition) is 0. The number of hydrogen-bond donors (Lipinski definition) is 0. The summed E-state index contributed by atoms with van der Waals surface area (Å²) in [4.78, 5) is 0. The molecule has 2 aromatic rings. The van der Waals surface area contributed by atoms with Crippen molar-refractivity contribution in [2.24, 2.45) is 0 Å². The summed E-state index contributed by atoms with van der Waals surface area (Å²) in [6.07, 6.45) is 11.0. The Morgan fingerprint density at radius 2 is 1.47 bits per heavy atom. The van der Waals surface area contributed by atoms with Crippen LogP contribution in [0.2, 0.25) is 10.1 Å². The first kappa shape index (κ1) is 29.6. The fourth-order valence-electron chi connectivity index (χ4n) is 3.46. The minimum atomic E-state index is -0.131. The van der Waals surface area contributed by atoms with Crippen molar-refractivity contribution in [1.29, 1.82) is 0 Å². The first-order chi connectivity index (χ1) is 13.1. The van der Waals surface area contributed by atoms with Gasteiger partial charge >= 0.3 is 80.4 Å². The molecule has 0 aliphatic heterocycles. The smallest absolute Gasteiger partial charge is 0.0253 e. The van der Waals surface area contributed by atoms with Crippen LogP contribution >= 0.6 is 0 Å². The third-order valence-corrected chi connectivity index (χ3v) is 18.8. The van der Waals surface area contributed by atoms with Gasteiger partial charge in [-0.2, -0.15) is 35.9 Å². The van der Waals surface area contributed by atoms with Gasteiger partial charge in [0.25, 0.3) is 0 Å². The van der Waals surface area contributed by atoms with E-state index in [9.17, 15) is 0 Å². The van der Waals surface area contributed by atoms with Gasteiger partial charge in [0.05, 0.1) is 0 Å². The molecule has 0 nitrogen and oxygen atoms in total. The molecule has 0 heterocycles. The van der Waals surface area contributed by atoms with Crippen molar-refractivity contribution in [2.75, 3.05) is 0 Å². The maximum atomic E-state index is 3.30. The van der Waals surface area contributed by atoms with E-state index >= 15 is 0 Å². The van der Waals surface area contributed by atoms with E-state index in [4.69, 9.17) is 0 Å². The van der Waals surface area contributed by atoms with Crippen LogP contribution in [0.1, 0.15) is 59.1 Å². The van der Waals surface area contributed by atoms with Crippen LogP contribution in [0.25, 0.3) is 11.1 Å². The van der Waals surface area contributed by atoms with Crippen molar-refractivity contribution >= 4 is 5.43 Å². The predicted molar refractivity (Wildman–Crippen MR) is 120 cm³/mol. The Kier molecular flexibility index (Phi) is 13.0. The maximum absolute atomic E-state index is 3.30. The molecule has 0 amide bonds. The van der Waals surface area contributed by atoms with Crippen molar-refractivity contribution in [1.82, 2.24) is 0 Å². The first-order valence-electron chi connectivity index (χ1n) is 10.00. The standard InChI is InChI=1S/C13H9.C8H18Si.C5H5.2ClH.Zr/c1-3-7-12-10(5-1)9-11-6-2-4-8-13(11)12;1-7(2,3)9-8(4,5)6;1-2-4-5-3-1;;;/h1-5,7-8H,9H2;1-6H3;1-3H,4H2;2*1H;/q-1;;-1;;;+2/p-2. The summed E-state index contributed by atoms with van der Waals surface area (Å²) in [6.45, 7) is 14.3. The molecule has 0 atom stereocenters. The molecule has 0 N–H and O–H groups in total. The molecule has 0 fully saturated rings. The quantitative estimate of drug-likeness (QED) is 0.303. The zero-order valence-corrected chi connectivity index (χ0v) is 23.9. The molecule has 0 unspecified atom stereocenters. The summed E-state index contributed by atoms with van der Waals surface area (Å²) in [6, 6.07) is 18.1. The second kappa shape index (κ2) is 13.2. The molecule has 2 aliphatic rings. The zero-order valence-electron chi connectivity index (χ0n) is 18.9. The van der Waals surface area contributed by atoms with Gasteiger partial charge in [-0.05, 0) is 6.42 Å². The van der Waals surface area contributed by atoms with Gasteiger partial charge in [-0.3, -0.25) is 6.08 Å². The van der Waals surface area contributed by atoms with Crippen molar-refractivity contribution < 1.29 is 48.1 Å². The number of rotatable bonds is 0. The fourth-order valence-corrected chi connectivity index (χ4v) is 5.71. The Morgan fingerprint density at radius 3 is 1.93 bits per heavy atom. The molecular formula is C26H32Cl2SiZr-2. The van der Waals surface area contributed by atoms with E-state index in [1.54, 1.807) is 23.3 Å². The number of benzene rings is 2. The molecule has 160 valence electrons. The van der Waals surface area contributed by atoms with Gasteiger partial charge in [-0.1, -0.05) is 35.4 Å². The van der Waals surface area contributed by atoms with E-state index in [1.807, 2.05) is 18.2 Å². The van der Waals surface area contributed by atoms with E-state index in [-0.39, 0.29) is 30.2 Å². The van der Waals surface area contributed by atoms with Crippen molar-refractivity contribution in [3.63, 3.8) is 0 Å². The van der Waals surface area contributed by atoms with Crippen LogP contribution in [0.3, 0.4) is 0 Å². The van der Waals surface area contributed by atoms with Crippen molar-refractivity contribution in [3.05, 3.63) is 84.0 Å². The molecule has 4 heteroatoms. The van der Waals surface area contributed by atoms with Crippen LogP contribution in [0.4, 0.5) is 0 Å². The van der Waals surface area contributed by atoms with Crippen LogP contribution in [-0.4, -0.2) is 5.43 Å². The van der Waals surface area contributed by atoms with Crippen LogP contribution < -0.4 is 24.8 Å². The van der Waals surface area contributed by atoms with Crippen LogP contribution in [0.15, 0.2) is 60.7 Å². The molecule has 0 radical (unpaired) electrons. The average Bonchev–Trinajstić information content (AvgIpc) is 3.31. The number of halogens is 2. The Morgan fingerprint density at radius 1 is 0.867 bits per heavy atom. The first-order valence-corrected chi connectivity index (χ1v) is 15.2. The largest absolute Gasteiger partial charge is 1.00 e. The van der Waals surface area contributed by atoms with E-state index in [2.05, 4.69) is 96.2 Å². The summed E-state index contributed by atoms with van der Waals surface area (Å²) < 4.78 is 0. The SMILES string of the molecule is CC(C)(C)[Si](=[Zr+2])C(C)(C)C.[C-]1=CC=CC1.[Cl-].[Cl-].[c-]1cccc2c1Cc1ccccc1-2. The predicted octanol–water partition coefficient (Wildman–Crippen LogP) is 1.50. The molecule has 0 spiro atoms. The number of allylic oxidation sites excluding steroid dienone is 4. The summed E-state index contributed by atoms with van der Waals surface area (Å²) in [7, 11) is 0. The zero-order chi connectivity index (χ0) is 20.8. The van der Waals surface area contributed by atoms with Gasteiger partial charge < -0.3 is 24.8 Å². The Labute approximate surface area is 211 Å². The van der Waals surface area contributed by atoms with Crippen molar-refractivity contribution in [3.8, 4) is 11.1 Å². The van der Waals surface area contributed by atoms with Crippen LogP contribution in [0, 0.1) is 12.1 Å². The molecule has 0 saturated carbocycles. The van der Waals surface area contributed by atoms with E-state index in [1.165, 1.54) is 22.3 Å². The Hall–Kier alpha value is -0.400. The molecule has 0 aromatic heterocycles. The van der Waals surface area contributed by atoms with Crippen molar-refractivity contribution in [2.45, 2.75) is 64.5 Å². The molecule has 0 saturated heterocycles. The monoisotopic (exact) mass is 532 g/mol. The molecular weight excluding hydrogens is 503 g/mol. The second-order valence-electron chi connectivity index (χ2n) is 9.27. The van der Waals surface area contributed by atoms with Crippen LogP contribution in [-0.2, 0) is 29.8 Å². The Bertz CT molecular complexity index is 802.